The van der Waals surface area contributed by atoms with E-state index < -0.39 is 12.0 Å². The number of carboxylic acid groups (broad SMARTS) is 1. The normalized spacial score (nSPS) is 12.8. The number of hydrogen-bond donors (Lipinski definition) is 3. The van der Waals surface area contributed by atoms with Gasteiger partial charge in [-0.25, -0.2) is 0 Å². The molecule has 0 aliphatic rings. The van der Waals surface area contributed by atoms with Gasteiger partial charge in [-0.3, -0.25) is 9.89 Å². The van der Waals surface area contributed by atoms with Crippen LogP contribution in [0.15, 0.2) is 6.07 Å². The van der Waals surface area contributed by atoms with Crippen LogP contribution >= 0.6 is 0 Å². The minimum atomic E-state index is -0.914. The van der Waals surface area contributed by atoms with Crippen LogP contribution in [0.5, 0.6) is 0 Å². The van der Waals surface area contributed by atoms with Crippen LogP contribution in [0.1, 0.15) is 23.9 Å². The van der Waals surface area contributed by atoms with Crippen molar-refractivity contribution in [3.63, 3.8) is 0 Å². The highest BCUT2D eigenvalue weighted by Crippen LogP contribution is 2.11. The highest BCUT2D eigenvalue weighted by atomic mass is 16.4. The zero-order chi connectivity index (χ0) is 9.14. The second-order valence-electron chi connectivity index (χ2n) is 2.68. The lowest BCUT2D eigenvalue weighted by molar-refractivity contribution is -0.137. The fraction of sp³-hybridized carbons (Fsp3) is 0.429. The van der Waals surface area contributed by atoms with Crippen molar-refractivity contribution >= 4 is 5.97 Å². The first-order valence-electron chi connectivity index (χ1n) is 3.59. The quantitative estimate of drug-likeness (QED) is 0.602. The van der Waals surface area contributed by atoms with Gasteiger partial charge in [0.15, 0.2) is 0 Å². The Balaban J connectivity index is 2.64. The molecule has 0 aliphatic heterocycles. The van der Waals surface area contributed by atoms with Gasteiger partial charge in [-0.2, -0.15) is 5.10 Å². The number of aliphatic carboxylic acids is 1. The van der Waals surface area contributed by atoms with Crippen LogP contribution in [0.2, 0.25) is 0 Å². The van der Waals surface area contributed by atoms with Crippen LogP contribution in [0, 0.1) is 6.92 Å². The Morgan fingerprint density at radius 2 is 2.58 bits per heavy atom. The number of rotatable bonds is 3. The molecule has 0 fully saturated rings. The van der Waals surface area contributed by atoms with Crippen LogP contribution in [0.3, 0.4) is 0 Å². The maximum Gasteiger partial charge on any atom is 0.305 e. The third-order valence-electron chi connectivity index (χ3n) is 1.50. The molecule has 5 heteroatoms. The molecule has 4 N–H and O–H groups in total. The number of H-pyrrole nitrogens is 1. The van der Waals surface area contributed by atoms with Crippen LogP contribution in [-0.2, 0) is 4.79 Å². The van der Waals surface area contributed by atoms with E-state index in [0.717, 1.165) is 5.69 Å². The summed E-state index contributed by atoms with van der Waals surface area (Å²) < 4.78 is 0. The monoisotopic (exact) mass is 169 g/mol. The van der Waals surface area contributed by atoms with E-state index >= 15 is 0 Å². The van der Waals surface area contributed by atoms with Gasteiger partial charge in [-0.1, -0.05) is 0 Å². The van der Waals surface area contributed by atoms with Gasteiger partial charge in [0, 0.05) is 5.69 Å². The summed E-state index contributed by atoms with van der Waals surface area (Å²) in [4.78, 5) is 10.3. The van der Waals surface area contributed by atoms with Gasteiger partial charge in [0.25, 0.3) is 0 Å². The molecule has 1 rings (SSSR count). The summed E-state index contributed by atoms with van der Waals surface area (Å²) in [5.41, 5.74) is 7.02. The van der Waals surface area contributed by atoms with Crippen molar-refractivity contribution in [3.05, 3.63) is 17.5 Å². The number of aromatic nitrogens is 2. The molecule has 1 unspecified atom stereocenters. The first kappa shape index (κ1) is 8.73. The predicted molar refractivity (Wildman–Crippen MR) is 42.5 cm³/mol. The summed E-state index contributed by atoms with van der Waals surface area (Å²) in [7, 11) is 0. The molecule has 0 saturated carbocycles. The molecular formula is C7H11N3O2. The zero-order valence-electron chi connectivity index (χ0n) is 6.74. The third-order valence-corrected chi connectivity index (χ3v) is 1.50. The Labute approximate surface area is 69.6 Å². The first-order chi connectivity index (χ1) is 5.59. The number of carboxylic acids is 1. The van der Waals surface area contributed by atoms with E-state index in [9.17, 15) is 4.79 Å². The molecule has 0 aliphatic carbocycles. The number of nitrogens with two attached hydrogens (primary N) is 1. The summed E-state index contributed by atoms with van der Waals surface area (Å²) in [6.07, 6.45) is -0.0930. The largest absolute Gasteiger partial charge is 0.481 e. The van der Waals surface area contributed by atoms with Crippen molar-refractivity contribution in [2.75, 3.05) is 0 Å². The van der Waals surface area contributed by atoms with Crippen LogP contribution in [-0.4, -0.2) is 21.3 Å². The van der Waals surface area contributed by atoms with Gasteiger partial charge in [-0.15, -0.1) is 0 Å². The standard InChI is InChI=1S/C7H11N3O2/c1-4-2-6(10-9-4)5(8)3-7(11)12/h2,5H,3,8H2,1H3,(H,9,10)(H,11,12). The Hall–Kier alpha value is -1.36. The van der Waals surface area contributed by atoms with E-state index in [1.165, 1.54) is 0 Å². The van der Waals surface area contributed by atoms with Crippen LogP contribution < -0.4 is 5.73 Å². The summed E-state index contributed by atoms with van der Waals surface area (Å²) >= 11 is 0. The molecule has 1 atom stereocenters. The number of nitrogens with one attached hydrogen (secondary N) is 1. The smallest absolute Gasteiger partial charge is 0.305 e. The molecule has 0 saturated heterocycles. The third kappa shape index (κ3) is 2.06. The lowest BCUT2D eigenvalue weighted by Crippen LogP contribution is -2.15. The van der Waals surface area contributed by atoms with E-state index in [0.29, 0.717) is 5.69 Å². The molecule has 0 radical (unpaired) electrons. The molecule has 66 valence electrons. The van der Waals surface area contributed by atoms with Gasteiger partial charge in [0.05, 0.1) is 18.2 Å². The van der Waals surface area contributed by atoms with Gasteiger partial charge in [0.1, 0.15) is 0 Å². The lowest BCUT2D eigenvalue weighted by atomic mass is 10.1. The Morgan fingerprint density at radius 3 is 3.00 bits per heavy atom. The van der Waals surface area contributed by atoms with Gasteiger partial charge < -0.3 is 10.8 Å². The SMILES string of the molecule is Cc1cc(C(N)CC(=O)O)n[nH]1. The molecule has 5 nitrogen and oxygen atoms in total. The summed E-state index contributed by atoms with van der Waals surface area (Å²) in [5.74, 6) is -0.914. The molecule has 1 aromatic rings. The Bertz CT molecular complexity index is 282. The minimum absolute atomic E-state index is 0.0930. The van der Waals surface area contributed by atoms with Crippen molar-refractivity contribution in [1.82, 2.24) is 10.2 Å². The molecule has 1 aromatic heterocycles. The average Bonchev–Trinajstić information content (AvgIpc) is 2.34. The predicted octanol–water partition coefficient (Wildman–Crippen LogP) is 0.193. The van der Waals surface area contributed by atoms with Crippen molar-refractivity contribution in [3.8, 4) is 0 Å². The Morgan fingerprint density at radius 1 is 1.92 bits per heavy atom. The highest BCUT2D eigenvalue weighted by Gasteiger charge is 2.12. The molecule has 0 bridgehead atoms. The van der Waals surface area contributed by atoms with Crippen molar-refractivity contribution in [2.24, 2.45) is 5.73 Å². The summed E-state index contributed by atoms with van der Waals surface area (Å²) in [6.45, 7) is 1.84. The molecule has 0 aromatic carbocycles. The minimum Gasteiger partial charge on any atom is -0.481 e. The average molecular weight is 169 g/mol. The fourth-order valence-electron chi connectivity index (χ4n) is 0.922. The number of carbonyl (C=O) groups is 1. The number of aromatic amines is 1. The van der Waals surface area contributed by atoms with E-state index in [2.05, 4.69) is 10.2 Å². The molecule has 1 heterocycles. The lowest BCUT2D eigenvalue weighted by Gasteiger charge is -2.02. The van der Waals surface area contributed by atoms with Gasteiger partial charge in [0.2, 0.25) is 0 Å². The number of hydrogen-bond acceptors (Lipinski definition) is 3. The number of nitrogens with zero attached hydrogens (tertiary/aromatic N) is 1. The van der Waals surface area contributed by atoms with Crippen molar-refractivity contribution in [2.45, 2.75) is 19.4 Å². The summed E-state index contributed by atoms with van der Waals surface area (Å²) in [5, 5.41) is 15.0. The molecule has 0 amide bonds. The topological polar surface area (TPSA) is 92.0 Å². The van der Waals surface area contributed by atoms with E-state index in [1.54, 1.807) is 6.07 Å². The van der Waals surface area contributed by atoms with E-state index in [-0.39, 0.29) is 6.42 Å². The maximum atomic E-state index is 10.3. The highest BCUT2D eigenvalue weighted by molar-refractivity contribution is 5.67. The molecule has 12 heavy (non-hydrogen) atoms. The second-order valence-corrected chi connectivity index (χ2v) is 2.68. The second kappa shape index (κ2) is 3.36. The zero-order valence-corrected chi connectivity index (χ0v) is 6.74. The first-order valence-corrected chi connectivity index (χ1v) is 3.59. The van der Waals surface area contributed by atoms with Crippen LogP contribution in [0.25, 0.3) is 0 Å². The molecule has 0 spiro atoms. The number of aryl methyl sites for hydroxylation is 1. The van der Waals surface area contributed by atoms with Crippen molar-refractivity contribution in [1.29, 1.82) is 0 Å². The fourth-order valence-corrected chi connectivity index (χ4v) is 0.922. The Kier molecular flexibility index (Phi) is 2.44. The van der Waals surface area contributed by atoms with Crippen molar-refractivity contribution < 1.29 is 9.90 Å². The van der Waals surface area contributed by atoms with Crippen LogP contribution in [0.4, 0.5) is 0 Å². The van der Waals surface area contributed by atoms with E-state index in [1.807, 2.05) is 6.92 Å². The molecular weight excluding hydrogens is 158 g/mol. The van der Waals surface area contributed by atoms with Gasteiger partial charge in [-0.05, 0) is 13.0 Å². The van der Waals surface area contributed by atoms with E-state index in [4.69, 9.17) is 10.8 Å². The van der Waals surface area contributed by atoms with Gasteiger partial charge >= 0.3 is 5.97 Å². The summed E-state index contributed by atoms with van der Waals surface area (Å²) in [6, 6.07) is 1.22. The maximum absolute atomic E-state index is 10.3.